The molecule has 0 saturated carbocycles. The molecule has 0 saturated heterocycles. The molecule has 6 aromatic heterocycles. The van der Waals surface area contributed by atoms with Gasteiger partial charge in [0.25, 0.3) is 0 Å². The van der Waals surface area contributed by atoms with Crippen molar-refractivity contribution < 1.29 is 0 Å². The van der Waals surface area contributed by atoms with Gasteiger partial charge in [0.1, 0.15) is 0 Å². The molecule has 0 aliphatic rings. The van der Waals surface area contributed by atoms with Crippen molar-refractivity contribution in [3.05, 3.63) is 106 Å². The molecular formula is C32H24N2S4. The van der Waals surface area contributed by atoms with Gasteiger partial charge in [0.15, 0.2) is 0 Å². The van der Waals surface area contributed by atoms with E-state index in [1.165, 1.54) is 64.5 Å². The summed E-state index contributed by atoms with van der Waals surface area (Å²) in [5, 5.41) is 8.63. The Hall–Kier alpha value is -3.42. The first-order valence-electron chi connectivity index (χ1n) is 12.3. The zero-order chi connectivity index (χ0) is 25.6. The van der Waals surface area contributed by atoms with Crippen molar-refractivity contribution in [2.75, 3.05) is 0 Å². The molecule has 0 aliphatic heterocycles. The molecule has 2 nitrogen and oxygen atoms in total. The van der Waals surface area contributed by atoms with Gasteiger partial charge in [0.2, 0.25) is 0 Å². The Bertz CT molecular complexity index is 1660. The van der Waals surface area contributed by atoms with Gasteiger partial charge in [0.05, 0.1) is 21.1 Å². The number of hydrogen-bond donors (Lipinski definition) is 0. The SMILES string of the molecule is Cn1c(-c2ccc(-c3cc(-c4cccs4)c(-c4cccs4)n3C)cc2)cc(-c2cccs2)c1-c1cccs1. The highest BCUT2D eigenvalue weighted by molar-refractivity contribution is 7.15. The fourth-order valence-electron chi connectivity index (χ4n) is 5.23. The number of benzene rings is 1. The fourth-order valence-corrected chi connectivity index (χ4v) is 8.36. The number of thiophene rings is 4. The summed E-state index contributed by atoms with van der Waals surface area (Å²) in [7, 11) is 4.38. The second kappa shape index (κ2) is 9.71. The molecule has 0 atom stereocenters. The largest absolute Gasteiger partial charge is 0.342 e. The first-order chi connectivity index (χ1) is 18.7. The Morgan fingerprint density at radius 3 is 1.11 bits per heavy atom. The zero-order valence-electron chi connectivity index (χ0n) is 20.9. The van der Waals surface area contributed by atoms with Crippen molar-refractivity contribution in [2.24, 2.45) is 14.1 Å². The molecule has 0 aliphatic carbocycles. The van der Waals surface area contributed by atoms with E-state index in [0.29, 0.717) is 0 Å². The minimum atomic E-state index is 1.23. The zero-order valence-corrected chi connectivity index (χ0v) is 24.2. The topological polar surface area (TPSA) is 9.86 Å². The molecule has 0 fully saturated rings. The predicted octanol–water partition coefficient (Wildman–Crippen LogP) is 10.6. The van der Waals surface area contributed by atoms with Gasteiger partial charge in [-0.25, -0.2) is 0 Å². The maximum Gasteiger partial charge on any atom is 0.0671 e. The summed E-state index contributed by atoms with van der Waals surface area (Å²) in [6.45, 7) is 0. The van der Waals surface area contributed by atoms with Crippen LogP contribution in [0.2, 0.25) is 0 Å². The Balaban J connectivity index is 1.32. The lowest BCUT2D eigenvalue weighted by Crippen LogP contribution is -1.95. The van der Waals surface area contributed by atoms with E-state index < -0.39 is 0 Å². The van der Waals surface area contributed by atoms with E-state index in [1.54, 1.807) is 45.3 Å². The normalized spacial score (nSPS) is 11.4. The lowest BCUT2D eigenvalue weighted by Gasteiger charge is -2.10. The third-order valence-electron chi connectivity index (χ3n) is 7.02. The van der Waals surface area contributed by atoms with Crippen molar-refractivity contribution in [1.82, 2.24) is 9.13 Å². The Morgan fingerprint density at radius 1 is 0.447 bits per heavy atom. The molecule has 7 rings (SSSR count). The molecule has 1 aromatic carbocycles. The van der Waals surface area contributed by atoms with Gasteiger partial charge >= 0.3 is 0 Å². The van der Waals surface area contributed by atoms with Crippen LogP contribution in [0, 0.1) is 0 Å². The summed E-state index contributed by atoms with van der Waals surface area (Å²) in [6.07, 6.45) is 0. The lowest BCUT2D eigenvalue weighted by atomic mass is 10.1. The fraction of sp³-hybridized carbons (Fsp3) is 0.0625. The maximum atomic E-state index is 2.35. The van der Waals surface area contributed by atoms with Gasteiger partial charge in [-0.05, 0) is 69.0 Å². The molecule has 0 amide bonds. The van der Waals surface area contributed by atoms with Crippen molar-refractivity contribution in [3.8, 4) is 64.5 Å². The van der Waals surface area contributed by atoms with E-state index in [1.807, 2.05) is 0 Å². The van der Waals surface area contributed by atoms with E-state index >= 15 is 0 Å². The molecule has 38 heavy (non-hydrogen) atoms. The highest BCUT2D eigenvalue weighted by atomic mass is 32.1. The first kappa shape index (κ1) is 23.7. The summed E-state index contributed by atoms with van der Waals surface area (Å²) in [5.41, 5.74) is 10.1. The summed E-state index contributed by atoms with van der Waals surface area (Å²) < 4.78 is 4.70. The van der Waals surface area contributed by atoms with Crippen LogP contribution in [-0.4, -0.2) is 9.13 Å². The van der Waals surface area contributed by atoms with Gasteiger partial charge in [-0.2, -0.15) is 0 Å². The van der Waals surface area contributed by atoms with Crippen LogP contribution in [0.1, 0.15) is 0 Å². The lowest BCUT2D eigenvalue weighted by molar-refractivity contribution is 0.946. The Labute approximate surface area is 238 Å². The van der Waals surface area contributed by atoms with Gasteiger partial charge < -0.3 is 9.13 Å². The summed E-state index contributed by atoms with van der Waals surface area (Å²) >= 11 is 7.19. The molecule has 7 aromatic rings. The van der Waals surface area contributed by atoms with Crippen LogP contribution < -0.4 is 0 Å². The monoisotopic (exact) mass is 564 g/mol. The van der Waals surface area contributed by atoms with Crippen LogP contribution in [0.25, 0.3) is 64.5 Å². The van der Waals surface area contributed by atoms with Crippen molar-refractivity contribution in [2.45, 2.75) is 0 Å². The van der Waals surface area contributed by atoms with Crippen molar-refractivity contribution in [1.29, 1.82) is 0 Å². The smallest absolute Gasteiger partial charge is 0.0671 e. The molecule has 6 heterocycles. The predicted molar refractivity (Wildman–Crippen MR) is 169 cm³/mol. The first-order valence-corrected chi connectivity index (χ1v) is 15.9. The summed E-state index contributed by atoms with van der Waals surface area (Å²) in [5.74, 6) is 0. The minimum absolute atomic E-state index is 1.23. The molecule has 0 unspecified atom stereocenters. The quantitative estimate of drug-likeness (QED) is 0.190. The number of hydrogen-bond acceptors (Lipinski definition) is 4. The van der Waals surface area contributed by atoms with Gasteiger partial charge in [0, 0.05) is 46.4 Å². The molecule has 0 N–H and O–H groups in total. The Kier molecular flexibility index (Phi) is 6.05. The number of rotatable bonds is 6. The third-order valence-corrected chi connectivity index (χ3v) is 10.6. The third kappa shape index (κ3) is 3.96. The summed E-state index contributed by atoms with van der Waals surface area (Å²) in [4.78, 5) is 5.20. The van der Waals surface area contributed by atoms with Crippen molar-refractivity contribution in [3.63, 3.8) is 0 Å². The maximum absolute atomic E-state index is 2.35. The molecule has 0 radical (unpaired) electrons. The number of aromatic nitrogens is 2. The van der Waals surface area contributed by atoms with Gasteiger partial charge in [-0.15, -0.1) is 45.3 Å². The molecule has 186 valence electrons. The number of nitrogens with zero attached hydrogens (tertiary/aromatic N) is 2. The average molecular weight is 565 g/mol. The van der Waals surface area contributed by atoms with Crippen LogP contribution in [0.15, 0.2) is 106 Å². The summed E-state index contributed by atoms with van der Waals surface area (Å²) in [6, 6.07) is 31.2. The van der Waals surface area contributed by atoms with Crippen LogP contribution in [0.3, 0.4) is 0 Å². The Morgan fingerprint density at radius 2 is 0.789 bits per heavy atom. The van der Waals surface area contributed by atoms with Gasteiger partial charge in [-0.1, -0.05) is 48.5 Å². The minimum Gasteiger partial charge on any atom is -0.342 e. The second-order valence-corrected chi connectivity index (χ2v) is 13.0. The highest BCUT2D eigenvalue weighted by Crippen LogP contribution is 2.43. The highest BCUT2D eigenvalue weighted by Gasteiger charge is 2.20. The average Bonchev–Trinajstić information content (AvgIpc) is 3.76. The molecular weight excluding hydrogens is 541 g/mol. The van der Waals surface area contributed by atoms with E-state index in [4.69, 9.17) is 0 Å². The van der Waals surface area contributed by atoms with Crippen LogP contribution in [-0.2, 0) is 14.1 Å². The van der Waals surface area contributed by atoms with Crippen molar-refractivity contribution >= 4 is 45.3 Å². The standard InChI is InChI=1S/C32H24N2S4/c1-33-25(19-23(27-7-3-15-35-27)31(33)29-9-5-17-37-29)21-11-13-22(14-12-21)26-20-24(28-8-4-16-36-28)32(34(26)2)30-10-6-18-38-30/h3-20H,1-2H3. The second-order valence-electron chi connectivity index (χ2n) is 9.19. The van der Waals surface area contributed by atoms with E-state index in [-0.39, 0.29) is 0 Å². The van der Waals surface area contributed by atoms with Gasteiger partial charge in [-0.3, -0.25) is 0 Å². The van der Waals surface area contributed by atoms with Crippen LogP contribution in [0.4, 0.5) is 0 Å². The van der Waals surface area contributed by atoms with E-state index in [9.17, 15) is 0 Å². The molecule has 0 bridgehead atoms. The van der Waals surface area contributed by atoms with E-state index in [0.717, 1.165) is 0 Å². The van der Waals surface area contributed by atoms with E-state index in [2.05, 4.69) is 130 Å². The molecule has 6 heteroatoms. The van der Waals surface area contributed by atoms with Crippen LogP contribution in [0.5, 0.6) is 0 Å². The van der Waals surface area contributed by atoms with Crippen LogP contribution >= 0.6 is 45.3 Å². The molecule has 0 spiro atoms.